The average molecular weight is 256 g/mol. The van der Waals surface area contributed by atoms with Crippen LogP contribution in [0.4, 0.5) is 0 Å². The molecule has 0 fully saturated rings. The smallest absolute Gasteiger partial charge is 0.331 e. The third kappa shape index (κ3) is 5.45. The molecule has 0 aromatic heterocycles. The highest BCUT2D eigenvalue weighted by Gasteiger charge is 2.16. The number of hydrogen-bond donors (Lipinski definition) is 3. The van der Waals surface area contributed by atoms with Crippen molar-refractivity contribution in [2.75, 3.05) is 6.16 Å². The van der Waals surface area contributed by atoms with Gasteiger partial charge in [0.15, 0.2) is 0 Å². The van der Waals surface area contributed by atoms with Crippen molar-refractivity contribution >= 4 is 19.6 Å². The molecule has 0 heterocycles. The highest BCUT2D eigenvalue weighted by Crippen LogP contribution is 2.36. The second kappa shape index (κ2) is 5.77. The molecule has 92 valence electrons. The van der Waals surface area contributed by atoms with Gasteiger partial charge in [-0.25, -0.2) is 4.79 Å². The molecule has 5 nitrogen and oxygen atoms in total. The summed E-state index contributed by atoms with van der Waals surface area (Å²) in [5.74, 6) is -1.16. The van der Waals surface area contributed by atoms with Gasteiger partial charge >= 0.3 is 13.6 Å². The molecule has 0 aliphatic heterocycles. The lowest BCUT2D eigenvalue weighted by Gasteiger charge is -2.04. The van der Waals surface area contributed by atoms with E-state index in [1.807, 2.05) is 0 Å². The van der Waals surface area contributed by atoms with Crippen LogP contribution >= 0.6 is 7.60 Å². The van der Waals surface area contributed by atoms with Crippen LogP contribution in [-0.2, 0) is 9.36 Å². The highest BCUT2D eigenvalue weighted by molar-refractivity contribution is 7.51. The van der Waals surface area contributed by atoms with E-state index in [2.05, 4.69) is 0 Å². The molecule has 1 rings (SSSR count). The Bertz CT molecular complexity index is 460. The molecule has 0 amide bonds. The second-order valence-electron chi connectivity index (χ2n) is 3.52. The Morgan fingerprint density at radius 1 is 1.24 bits per heavy atom. The fourth-order valence-electron chi connectivity index (χ4n) is 1.26. The van der Waals surface area contributed by atoms with E-state index >= 15 is 0 Å². The maximum atomic E-state index is 10.9. The van der Waals surface area contributed by atoms with Gasteiger partial charge in [-0.2, -0.15) is 0 Å². The minimum absolute atomic E-state index is 0.0143. The summed E-state index contributed by atoms with van der Waals surface area (Å²) < 4.78 is 10.7. The third-order valence-electron chi connectivity index (χ3n) is 2.09. The lowest BCUT2D eigenvalue weighted by atomic mass is 10.1. The van der Waals surface area contributed by atoms with E-state index in [0.29, 0.717) is 5.56 Å². The standard InChI is InChI=1S/C11H13O5P/c12-11(13)10(6-7-17(14,15)16)8-9-4-2-1-3-5-9/h1-5,8H,6-7H2,(H,12,13)(H2,14,15,16)/b10-8+. The predicted octanol–water partition coefficient (Wildman–Crippen LogP) is 1.72. The maximum Gasteiger partial charge on any atom is 0.331 e. The van der Waals surface area contributed by atoms with E-state index in [9.17, 15) is 9.36 Å². The zero-order valence-electron chi connectivity index (χ0n) is 8.98. The molecule has 0 aliphatic rings. The van der Waals surface area contributed by atoms with Crippen molar-refractivity contribution < 1.29 is 24.3 Å². The van der Waals surface area contributed by atoms with Crippen LogP contribution in [0.25, 0.3) is 6.08 Å². The molecule has 0 aliphatic carbocycles. The van der Waals surface area contributed by atoms with Gasteiger partial charge in [-0.05, 0) is 18.1 Å². The van der Waals surface area contributed by atoms with Gasteiger partial charge in [-0.15, -0.1) is 0 Å². The Hall–Kier alpha value is -1.42. The zero-order chi connectivity index (χ0) is 12.9. The first-order valence-electron chi connectivity index (χ1n) is 4.92. The molecule has 17 heavy (non-hydrogen) atoms. The molecule has 0 saturated heterocycles. The fraction of sp³-hybridized carbons (Fsp3) is 0.182. The lowest BCUT2D eigenvalue weighted by Crippen LogP contribution is -2.03. The highest BCUT2D eigenvalue weighted by atomic mass is 31.2. The molecule has 1 aromatic carbocycles. The van der Waals surface area contributed by atoms with Crippen LogP contribution in [0.15, 0.2) is 35.9 Å². The Balaban J connectivity index is 2.84. The third-order valence-corrected chi connectivity index (χ3v) is 2.89. The van der Waals surface area contributed by atoms with E-state index in [0.717, 1.165) is 0 Å². The monoisotopic (exact) mass is 256 g/mol. The average Bonchev–Trinajstić information content (AvgIpc) is 2.24. The van der Waals surface area contributed by atoms with Crippen LogP contribution < -0.4 is 0 Å². The lowest BCUT2D eigenvalue weighted by molar-refractivity contribution is -0.132. The summed E-state index contributed by atoms with van der Waals surface area (Å²) in [6, 6.07) is 8.76. The van der Waals surface area contributed by atoms with Gasteiger partial charge in [-0.3, -0.25) is 4.57 Å². The summed E-state index contributed by atoms with van der Waals surface area (Å²) in [5.41, 5.74) is 0.676. The van der Waals surface area contributed by atoms with Gasteiger partial charge in [0.2, 0.25) is 0 Å². The first-order chi connectivity index (χ1) is 7.88. The summed E-state index contributed by atoms with van der Waals surface area (Å²) in [4.78, 5) is 28.3. The van der Waals surface area contributed by atoms with Crippen molar-refractivity contribution in [3.63, 3.8) is 0 Å². The number of hydrogen-bond acceptors (Lipinski definition) is 2. The summed E-state index contributed by atoms with van der Waals surface area (Å²) in [7, 11) is -4.17. The van der Waals surface area contributed by atoms with Crippen molar-refractivity contribution in [1.82, 2.24) is 0 Å². The summed E-state index contributed by atoms with van der Waals surface area (Å²) >= 11 is 0. The summed E-state index contributed by atoms with van der Waals surface area (Å²) in [6.07, 6.45) is 0.796. The molecule has 0 radical (unpaired) electrons. The molecule has 0 saturated carbocycles. The topological polar surface area (TPSA) is 94.8 Å². The first-order valence-corrected chi connectivity index (χ1v) is 6.72. The van der Waals surface area contributed by atoms with Crippen molar-refractivity contribution in [3.8, 4) is 0 Å². The number of carboxylic acids is 1. The van der Waals surface area contributed by atoms with Gasteiger partial charge in [0.1, 0.15) is 0 Å². The number of carboxylic acid groups (broad SMARTS) is 1. The molecule has 0 spiro atoms. The van der Waals surface area contributed by atoms with Gasteiger partial charge < -0.3 is 14.9 Å². The summed E-state index contributed by atoms with van der Waals surface area (Å²) in [5, 5.41) is 8.91. The fourth-order valence-corrected chi connectivity index (χ4v) is 1.79. The number of benzene rings is 1. The number of rotatable bonds is 5. The van der Waals surface area contributed by atoms with Crippen LogP contribution in [-0.4, -0.2) is 27.0 Å². The van der Waals surface area contributed by atoms with Gasteiger partial charge in [0.05, 0.1) is 6.16 Å². The Morgan fingerprint density at radius 2 is 1.82 bits per heavy atom. The molecule has 3 N–H and O–H groups in total. The van der Waals surface area contributed by atoms with Crippen LogP contribution in [0.5, 0.6) is 0 Å². The maximum absolute atomic E-state index is 10.9. The van der Waals surface area contributed by atoms with Crippen molar-refractivity contribution in [2.45, 2.75) is 6.42 Å². The predicted molar refractivity (Wildman–Crippen MR) is 63.6 cm³/mol. The van der Waals surface area contributed by atoms with Gasteiger partial charge in [-0.1, -0.05) is 30.3 Å². The van der Waals surface area contributed by atoms with Crippen LogP contribution in [0, 0.1) is 0 Å². The molecule has 1 aromatic rings. The van der Waals surface area contributed by atoms with E-state index in [1.54, 1.807) is 30.3 Å². The van der Waals surface area contributed by atoms with Gasteiger partial charge in [0, 0.05) is 5.57 Å². The minimum Gasteiger partial charge on any atom is -0.478 e. The molecule has 6 heteroatoms. The normalized spacial score (nSPS) is 12.5. The molecule has 0 unspecified atom stereocenters. The first kappa shape index (κ1) is 13.6. The van der Waals surface area contributed by atoms with Crippen molar-refractivity contribution in [1.29, 1.82) is 0 Å². The minimum atomic E-state index is -4.17. The Morgan fingerprint density at radius 3 is 2.29 bits per heavy atom. The van der Waals surface area contributed by atoms with Crippen molar-refractivity contribution in [2.24, 2.45) is 0 Å². The molecule has 0 bridgehead atoms. The number of aliphatic carboxylic acids is 1. The molecular formula is C11H13O5P. The van der Waals surface area contributed by atoms with Crippen molar-refractivity contribution in [3.05, 3.63) is 41.5 Å². The Kier molecular flexibility index (Phi) is 4.63. The van der Waals surface area contributed by atoms with Crippen LogP contribution in [0.2, 0.25) is 0 Å². The zero-order valence-corrected chi connectivity index (χ0v) is 9.88. The molecule has 0 atom stereocenters. The second-order valence-corrected chi connectivity index (χ2v) is 5.30. The SMILES string of the molecule is O=C(O)/C(=C/c1ccccc1)CCP(=O)(O)O. The quantitative estimate of drug-likeness (QED) is 0.550. The van der Waals surface area contributed by atoms with E-state index in [1.165, 1.54) is 6.08 Å². The van der Waals surface area contributed by atoms with Crippen LogP contribution in [0.3, 0.4) is 0 Å². The van der Waals surface area contributed by atoms with E-state index in [-0.39, 0.29) is 12.0 Å². The van der Waals surface area contributed by atoms with Gasteiger partial charge in [0.25, 0.3) is 0 Å². The largest absolute Gasteiger partial charge is 0.478 e. The molecular weight excluding hydrogens is 243 g/mol. The summed E-state index contributed by atoms with van der Waals surface area (Å²) in [6.45, 7) is 0. The number of carbonyl (C=O) groups is 1. The van der Waals surface area contributed by atoms with E-state index in [4.69, 9.17) is 14.9 Å². The van der Waals surface area contributed by atoms with E-state index < -0.39 is 19.7 Å². The van der Waals surface area contributed by atoms with Crippen LogP contribution in [0.1, 0.15) is 12.0 Å². The Labute approximate surface area is 98.6 Å².